The van der Waals surface area contributed by atoms with E-state index in [1.165, 1.54) is 11.3 Å². The molecule has 2 aromatic rings. The first-order valence-corrected chi connectivity index (χ1v) is 10.2. The van der Waals surface area contributed by atoms with Gasteiger partial charge in [0.15, 0.2) is 0 Å². The topological polar surface area (TPSA) is 49.9 Å². The molecule has 0 aliphatic carbocycles. The maximum Gasteiger partial charge on any atom is 0.264 e. The highest BCUT2D eigenvalue weighted by molar-refractivity contribution is 7.12. The van der Waals surface area contributed by atoms with E-state index >= 15 is 0 Å². The predicted octanol–water partition coefficient (Wildman–Crippen LogP) is 3.55. The van der Waals surface area contributed by atoms with E-state index in [1.807, 2.05) is 60.5 Å². The molecule has 0 radical (unpaired) electrons. The van der Waals surface area contributed by atoms with Crippen LogP contribution in [0.5, 0.6) is 5.75 Å². The minimum Gasteiger partial charge on any atom is -0.486 e. The van der Waals surface area contributed by atoms with Crippen molar-refractivity contribution in [1.29, 1.82) is 0 Å². The van der Waals surface area contributed by atoms with Crippen LogP contribution in [0.25, 0.3) is 0 Å². The number of thiophene rings is 1. The summed E-state index contributed by atoms with van der Waals surface area (Å²) < 4.78 is 6.15. The molecule has 6 heteroatoms. The van der Waals surface area contributed by atoms with E-state index in [2.05, 4.69) is 0 Å². The third-order valence-corrected chi connectivity index (χ3v) is 5.99. The molecule has 1 atom stereocenters. The second-order valence-electron chi connectivity index (χ2n) is 7.80. The number of benzene rings is 1. The van der Waals surface area contributed by atoms with Crippen molar-refractivity contribution >= 4 is 23.2 Å². The first kappa shape index (κ1) is 18.0. The molecule has 1 aromatic carbocycles. The molecule has 0 unspecified atom stereocenters. The number of nitrogens with zero attached hydrogens (tertiary/aromatic N) is 2. The molecule has 0 bridgehead atoms. The number of para-hydroxylation sites is 1. The monoisotopic (exact) mass is 384 g/mol. The molecule has 4 rings (SSSR count). The zero-order valence-corrected chi connectivity index (χ0v) is 16.5. The number of fused-ring (bicyclic) bond motifs is 1. The highest BCUT2D eigenvalue weighted by Gasteiger charge is 2.40. The number of ether oxygens (including phenoxy) is 1. The average Bonchev–Trinajstić information content (AvgIpc) is 3.30. The van der Waals surface area contributed by atoms with E-state index in [4.69, 9.17) is 4.74 Å². The van der Waals surface area contributed by atoms with Gasteiger partial charge in [-0.15, -0.1) is 11.3 Å². The molecule has 142 valence electrons. The smallest absolute Gasteiger partial charge is 0.264 e. The number of hydrogen-bond donors (Lipinski definition) is 0. The second-order valence-corrected chi connectivity index (χ2v) is 8.75. The van der Waals surface area contributed by atoms with Crippen molar-refractivity contribution in [2.75, 3.05) is 13.1 Å². The standard InChI is InChI=1S/C21H24N2O3S/c1-21(2)14-22(13-15-7-3-4-9-17(15)26-21)19(24)16-8-5-11-23(16)20(25)18-10-6-12-27-18/h3-4,6-7,9-10,12,16H,5,8,11,13-14H2,1-2H3/t16-/m0/s1. The number of carbonyl (C=O) groups is 2. The Balaban J connectivity index is 1.58. The second kappa shape index (κ2) is 7.00. The SMILES string of the molecule is CC1(C)CN(C(=O)[C@@H]2CCCN2C(=O)c2cccs2)Cc2ccccc2O1. The first-order valence-electron chi connectivity index (χ1n) is 9.35. The summed E-state index contributed by atoms with van der Waals surface area (Å²) in [6.45, 7) is 5.64. The van der Waals surface area contributed by atoms with Crippen LogP contribution in [0.4, 0.5) is 0 Å². The Morgan fingerprint density at radius 1 is 1.19 bits per heavy atom. The normalized spacial score (nSPS) is 21.3. The van der Waals surface area contributed by atoms with Gasteiger partial charge in [0.05, 0.1) is 11.4 Å². The molecule has 3 heterocycles. The maximum atomic E-state index is 13.4. The van der Waals surface area contributed by atoms with Gasteiger partial charge in [0.1, 0.15) is 17.4 Å². The summed E-state index contributed by atoms with van der Waals surface area (Å²) in [4.78, 5) is 30.6. The third kappa shape index (κ3) is 3.58. The van der Waals surface area contributed by atoms with E-state index in [1.54, 1.807) is 4.90 Å². The van der Waals surface area contributed by atoms with Crippen molar-refractivity contribution in [3.63, 3.8) is 0 Å². The lowest BCUT2D eigenvalue weighted by Gasteiger charge is -2.33. The lowest BCUT2D eigenvalue weighted by atomic mass is 10.1. The van der Waals surface area contributed by atoms with E-state index in [9.17, 15) is 9.59 Å². The molecular formula is C21H24N2O3S. The molecule has 1 fully saturated rings. The van der Waals surface area contributed by atoms with Crippen LogP contribution < -0.4 is 4.74 Å². The number of amides is 2. The van der Waals surface area contributed by atoms with Crippen LogP contribution in [0, 0.1) is 0 Å². The molecule has 27 heavy (non-hydrogen) atoms. The summed E-state index contributed by atoms with van der Waals surface area (Å²) in [5.41, 5.74) is 0.522. The van der Waals surface area contributed by atoms with Gasteiger partial charge < -0.3 is 14.5 Å². The van der Waals surface area contributed by atoms with Gasteiger partial charge in [-0.2, -0.15) is 0 Å². The first-order chi connectivity index (χ1) is 12.9. The Kier molecular flexibility index (Phi) is 4.68. The summed E-state index contributed by atoms with van der Waals surface area (Å²) in [6, 6.07) is 11.2. The number of hydrogen-bond acceptors (Lipinski definition) is 4. The Hall–Kier alpha value is -2.34. The van der Waals surface area contributed by atoms with Crippen LogP contribution in [0.3, 0.4) is 0 Å². The molecule has 1 saturated heterocycles. The molecule has 0 saturated carbocycles. The fourth-order valence-electron chi connectivity index (χ4n) is 3.96. The Morgan fingerprint density at radius 2 is 2.00 bits per heavy atom. The minimum atomic E-state index is -0.483. The summed E-state index contributed by atoms with van der Waals surface area (Å²) in [7, 11) is 0. The molecule has 1 aromatic heterocycles. The molecular weight excluding hydrogens is 360 g/mol. The van der Waals surface area contributed by atoms with Crippen LogP contribution in [-0.4, -0.2) is 46.3 Å². The van der Waals surface area contributed by atoms with Crippen LogP contribution in [0.15, 0.2) is 41.8 Å². The Labute approximate surface area is 163 Å². The van der Waals surface area contributed by atoms with Crippen LogP contribution in [0.2, 0.25) is 0 Å². The van der Waals surface area contributed by atoms with E-state index in [-0.39, 0.29) is 17.9 Å². The number of likely N-dealkylation sites (tertiary alicyclic amines) is 1. The average molecular weight is 385 g/mol. The molecule has 5 nitrogen and oxygen atoms in total. The predicted molar refractivity (Wildman–Crippen MR) is 105 cm³/mol. The maximum absolute atomic E-state index is 13.4. The van der Waals surface area contributed by atoms with Gasteiger partial charge in [-0.3, -0.25) is 9.59 Å². The summed E-state index contributed by atoms with van der Waals surface area (Å²) >= 11 is 1.42. The number of rotatable bonds is 2. The van der Waals surface area contributed by atoms with Crippen LogP contribution in [0.1, 0.15) is 41.9 Å². The van der Waals surface area contributed by atoms with Gasteiger partial charge in [-0.1, -0.05) is 24.3 Å². The van der Waals surface area contributed by atoms with Crippen molar-refractivity contribution < 1.29 is 14.3 Å². The number of carbonyl (C=O) groups excluding carboxylic acids is 2. The fraction of sp³-hybridized carbons (Fsp3) is 0.429. The van der Waals surface area contributed by atoms with E-state index < -0.39 is 5.60 Å². The van der Waals surface area contributed by atoms with Gasteiger partial charge in [-0.05, 0) is 44.2 Å². The molecule has 2 amide bonds. The Morgan fingerprint density at radius 3 is 2.78 bits per heavy atom. The summed E-state index contributed by atoms with van der Waals surface area (Å²) in [6.07, 6.45) is 1.58. The van der Waals surface area contributed by atoms with Crippen molar-refractivity contribution in [2.24, 2.45) is 0 Å². The zero-order valence-electron chi connectivity index (χ0n) is 15.7. The Bertz CT molecular complexity index is 847. The van der Waals surface area contributed by atoms with Crippen LogP contribution >= 0.6 is 11.3 Å². The molecule has 0 N–H and O–H groups in total. The van der Waals surface area contributed by atoms with Gasteiger partial charge in [-0.25, -0.2) is 0 Å². The fourth-order valence-corrected chi connectivity index (χ4v) is 4.64. The highest BCUT2D eigenvalue weighted by Crippen LogP contribution is 2.31. The lowest BCUT2D eigenvalue weighted by Crippen LogP contribution is -2.51. The highest BCUT2D eigenvalue weighted by atomic mass is 32.1. The quantitative estimate of drug-likeness (QED) is 0.796. The summed E-state index contributed by atoms with van der Waals surface area (Å²) in [5.74, 6) is 0.813. The summed E-state index contributed by atoms with van der Waals surface area (Å²) in [5, 5.41) is 1.89. The van der Waals surface area contributed by atoms with Gasteiger partial charge in [0.2, 0.25) is 5.91 Å². The minimum absolute atomic E-state index is 0.0192. The largest absolute Gasteiger partial charge is 0.486 e. The molecule has 0 spiro atoms. The van der Waals surface area contributed by atoms with Gasteiger partial charge in [0, 0.05) is 18.7 Å². The van der Waals surface area contributed by atoms with Gasteiger partial charge >= 0.3 is 0 Å². The third-order valence-electron chi connectivity index (χ3n) is 5.13. The van der Waals surface area contributed by atoms with Crippen molar-refractivity contribution in [3.05, 3.63) is 52.2 Å². The van der Waals surface area contributed by atoms with Gasteiger partial charge in [0.25, 0.3) is 5.91 Å². The molecule has 2 aliphatic heterocycles. The van der Waals surface area contributed by atoms with Crippen molar-refractivity contribution in [2.45, 2.75) is 44.9 Å². The van der Waals surface area contributed by atoms with Crippen molar-refractivity contribution in [1.82, 2.24) is 9.80 Å². The van der Waals surface area contributed by atoms with E-state index in [0.29, 0.717) is 24.5 Å². The van der Waals surface area contributed by atoms with E-state index in [0.717, 1.165) is 24.2 Å². The van der Waals surface area contributed by atoms with Crippen LogP contribution in [-0.2, 0) is 11.3 Å². The molecule has 2 aliphatic rings. The van der Waals surface area contributed by atoms with Crippen molar-refractivity contribution in [3.8, 4) is 5.75 Å². The lowest BCUT2D eigenvalue weighted by molar-refractivity contribution is -0.137. The zero-order chi connectivity index (χ0) is 19.0.